The van der Waals surface area contributed by atoms with Crippen LogP contribution in [0.5, 0.6) is 0 Å². The highest BCUT2D eigenvalue weighted by molar-refractivity contribution is 6.57. The Labute approximate surface area is 190 Å². The lowest BCUT2D eigenvalue weighted by Gasteiger charge is -2.43. The average molecular weight is 457 g/mol. The van der Waals surface area contributed by atoms with Gasteiger partial charge in [0.15, 0.2) is 0 Å². The first-order valence-corrected chi connectivity index (χ1v) is 13.8. The van der Waals surface area contributed by atoms with E-state index in [1.54, 1.807) is 0 Å². The monoisotopic (exact) mass is 456 g/mol. The van der Waals surface area contributed by atoms with Gasteiger partial charge in [-0.25, -0.2) is 0 Å². The number of carbonyl (C=O) groups excluding carboxylic acids is 2. The van der Waals surface area contributed by atoms with Crippen molar-refractivity contribution in [2.24, 2.45) is 35.5 Å². The van der Waals surface area contributed by atoms with Crippen molar-refractivity contribution in [2.75, 3.05) is 0 Å². The summed E-state index contributed by atoms with van der Waals surface area (Å²) in [5.41, 5.74) is 0. The fourth-order valence-electron chi connectivity index (χ4n) is 5.37. The number of hydrogen-bond donors (Lipinski definition) is 0. The molecule has 2 saturated carbocycles. The lowest BCUT2D eigenvalue weighted by Crippen LogP contribution is -2.58. The highest BCUT2D eigenvalue weighted by Gasteiger charge is 2.59. The molecule has 0 N–H and O–H groups in total. The maximum atomic E-state index is 12.1. The first kappa shape index (κ1) is 26.3. The molecule has 0 aromatic carbocycles. The van der Waals surface area contributed by atoms with Crippen molar-refractivity contribution < 1.29 is 27.3 Å². The highest BCUT2D eigenvalue weighted by Crippen LogP contribution is 2.40. The summed E-state index contributed by atoms with van der Waals surface area (Å²) in [7, 11) is -4.03. The minimum atomic E-state index is -4.03. The molecule has 0 bridgehead atoms. The normalized spacial score (nSPS) is 32.2. The van der Waals surface area contributed by atoms with E-state index in [4.69, 9.17) is 17.7 Å². The Bertz CT molecular complexity index is 555. The average Bonchev–Trinajstić information content (AvgIpc) is 2.59. The minimum absolute atomic E-state index is 0.160. The lowest BCUT2D eigenvalue weighted by molar-refractivity contribution is -0.161. The van der Waals surface area contributed by atoms with Gasteiger partial charge in [0.2, 0.25) is 0 Å². The summed E-state index contributed by atoms with van der Waals surface area (Å²) in [6.45, 7) is 15.8. The first-order chi connectivity index (χ1) is 14.4. The molecule has 180 valence electrons. The molecule has 0 aromatic heterocycles. The summed E-state index contributed by atoms with van der Waals surface area (Å²) < 4.78 is 24.5. The summed E-state index contributed by atoms with van der Waals surface area (Å²) in [5.74, 6) is 1.37. The van der Waals surface area contributed by atoms with E-state index in [1.807, 2.05) is 0 Å². The van der Waals surface area contributed by atoms with Crippen LogP contribution in [-0.4, -0.2) is 33.2 Å². The van der Waals surface area contributed by atoms with Gasteiger partial charge in [-0.3, -0.25) is 9.59 Å². The molecular formula is C24H44O6Si. The quantitative estimate of drug-likeness (QED) is 0.449. The van der Waals surface area contributed by atoms with Gasteiger partial charge in [0, 0.05) is 13.8 Å². The van der Waals surface area contributed by atoms with Gasteiger partial charge in [-0.1, -0.05) is 54.4 Å². The van der Waals surface area contributed by atoms with Crippen LogP contribution in [0.1, 0.15) is 93.9 Å². The van der Waals surface area contributed by atoms with Gasteiger partial charge in [-0.05, 0) is 61.2 Å². The van der Waals surface area contributed by atoms with E-state index < -0.39 is 21.0 Å². The van der Waals surface area contributed by atoms with Crippen LogP contribution in [-0.2, 0) is 27.3 Å². The number of carbonyl (C=O) groups is 2. The fourth-order valence-corrected chi connectivity index (χ4v) is 7.65. The van der Waals surface area contributed by atoms with Crippen LogP contribution >= 0.6 is 0 Å². The van der Waals surface area contributed by atoms with E-state index in [2.05, 4.69) is 41.5 Å². The van der Waals surface area contributed by atoms with Crippen LogP contribution in [0, 0.1) is 35.5 Å². The van der Waals surface area contributed by atoms with Gasteiger partial charge >= 0.3 is 9.05 Å². The molecular weight excluding hydrogens is 412 g/mol. The van der Waals surface area contributed by atoms with E-state index in [1.165, 1.54) is 13.8 Å². The Morgan fingerprint density at radius 1 is 0.710 bits per heavy atom. The molecule has 2 aliphatic carbocycles. The van der Waals surface area contributed by atoms with Crippen LogP contribution in [0.3, 0.4) is 0 Å². The van der Waals surface area contributed by atoms with E-state index in [-0.39, 0.29) is 12.2 Å². The molecule has 0 saturated heterocycles. The van der Waals surface area contributed by atoms with Gasteiger partial charge in [-0.2, -0.15) is 0 Å². The summed E-state index contributed by atoms with van der Waals surface area (Å²) >= 11 is 0. The molecule has 0 spiro atoms. The van der Waals surface area contributed by atoms with Crippen LogP contribution in [0.2, 0.25) is 0 Å². The van der Waals surface area contributed by atoms with Gasteiger partial charge in [0.1, 0.15) is 0 Å². The second kappa shape index (κ2) is 11.3. The van der Waals surface area contributed by atoms with Crippen molar-refractivity contribution in [2.45, 2.75) is 106 Å². The van der Waals surface area contributed by atoms with Crippen molar-refractivity contribution in [1.29, 1.82) is 0 Å². The van der Waals surface area contributed by atoms with E-state index in [0.717, 1.165) is 38.5 Å². The van der Waals surface area contributed by atoms with Crippen molar-refractivity contribution >= 4 is 21.0 Å². The van der Waals surface area contributed by atoms with Crippen molar-refractivity contribution in [3.63, 3.8) is 0 Å². The number of hydrogen-bond acceptors (Lipinski definition) is 6. The number of rotatable bonds is 8. The van der Waals surface area contributed by atoms with Crippen molar-refractivity contribution in [3.05, 3.63) is 0 Å². The van der Waals surface area contributed by atoms with Gasteiger partial charge in [0.25, 0.3) is 11.9 Å². The Kier molecular flexibility index (Phi) is 9.58. The molecule has 0 radical (unpaired) electrons. The zero-order valence-electron chi connectivity index (χ0n) is 20.8. The Morgan fingerprint density at radius 2 is 1.06 bits per heavy atom. The maximum Gasteiger partial charge on any atom is 0.825 e. The zero-order valence-corrected chi connectivity index (χ0v) is 21.8. The van der Waals surface area contributed by atoms with Gasteiger partial charge < -0.3 is 17.7 Å². The molecule has 2 rings (SSSR count). The Balaban J connectivity index is 2.38. The standard InChI is InChI=1S/C24H44O6Si/c1-15(2)21-11-9-17(5)13-23(21)29-31(27-19(7)25,28-20(8)26)30-24-14-18(6)10-12-22(24)16(3)4/h15-18,21-24H,9-14H2,1-8H3. The zero-order chi connectivity index (χ0) is 23.3. The topological polar surface area (TPSA) is 71.1 Å². The molecule has 0 aliphatic heterocycles. The third-order valence-corrected chi connectivity index (χ3v) is 9.31. The van der Waals surface area contributed by atoms with Gasteiger partial charge in [0.05, 0.1) is 12.2 Å². The molecule has 6 unspecified atom stereocenters. The molecule has 6 nitrogen and oxygen atoms in total. The molecule has 2 fully saturated rings. The maximum absolute atomic E-state index is 12.1. The van der Waals surface area contributed by atoms with Gasteiger partial charge in [-0.15, -0.1) is 0 Å². The Morgan fingerprint density at radius 3 is 1.35 bits per heavy atom. The smallest absolute Gasteiger partial charge is 0.442 e. The largest absolute Gasteiger partial charge is 0.825 e. The fraction of sp³-hybridized carbons (Fsp3) is 0.917. The molecule has 0 heterocycles. The summed E-state index contributed by atoms with van der Waals surface area (Å²) in [4.78, 5) is 24.3. The van der Waals surface area contributed by atoms with Crippen LogP contribution < -0.4 is 0 Å². The summed E-state index contributed by atoms with van der Waals surface area (Å²) in [5, 5.41) is 0. The van der Waals surface area contributed by atoms with Crippen LogP contribution in [0.25, 0.3) is 0 Å². The van der Waals surface area contributed by atoms with Crippen molar-refractivity contribution in [3.8, 4) is 0 Å². The molecule has 31 heavy (non-hydrogen) atoms. The van der Waals surface area contributed by atoms with Crippen molar-refractivity contribution in [1.82, 2.24) is 0 Å². The predicted octanol–water partition coefficient (Wildman–Crippen LogP) is 5.50. The van der Waals surface area contributed by atoms with Crippen LogP contribution in [0.4, 0.5) is 0 Å². The molecule has 6 atom stereocenters. The van der Waals surface area contributed by atoms with E-state index >= 15 is 0 Å². The van der Waals surface area contributed by atoms with E-state index in [0.29, 0.717) is 35.5 Å². The van der Waals surface area contributed by atoms with E-state index in [9.17, 15) is 9.59 Å². The Hall–Kier alpha value is -0.923. The third-order valence-electron chi connectivity index (χ3n) is 7.05. The SMILES string of the molecule is CC(=O)O[Si](OC(C)=O)(OC1CC(C)CCC1C(C)C)OC1CC(C)CCC1C(C)C. The van der Waals surface area contributed by atoms with Crippen LogP contribution in [0.15, 0.2) is 0 Å². The first-order valence-electron chi connectivity index (χ1n) is 12.2. The second-order valence-corrected chi connectivity index (χ2v) is 12.5. The minimum Gasteiger partial charge on any atom is -0.442 e. The second-order valence-electron chi connectivity index (χ2n) is 10.7. The molecule has 0 aromatic rings. The molecule has 7 heteroatoms. The third kappa shape index (κ3) is 7.57. The molecule has 0 amide bonds. The predicted molar refractivity (Wildman–Crippen MR) is 122 cm³/mol. The summed E-state index contributed by atoms with van der Waals surface area (Å²) in [6.07, 6.45) is 5.76. The summed E-state index contributed by atoms with van der Waals surface area (Å²) in [6, 6.07) is 0. The highest BCUT2D eigenvalue weighted by atomic mass is 28.4. The molecule has 2 aliphatic rings. The lowest BCUT2D eigenvalue weighted by atomic mass is 9.75.